The monoisotopic (exact) mass is 333 g/mol. The number of para-hydroxylation sites is 1. The van der Waals surface area contributed by atoms with Crippen LogP contribution >= 0.6 is 15.9 Å². The standard InChI is InChI=1S/C14H9BrFN3O/c15-9-4-5-12(8(6-9)7-17)19-14(20)10-2-1-3-11(16)13(10)18/h1-6H,18H2,(H,19,20). The van der Waals surface area contributed by atoms with Crippen LogP contribution in [0.15, 0.2) is 40.9 Å². The molecule has 0 aliphatic rings. The lowest BCUT2D eigenvalue weighted by Gasteiger charge is -2.09. The molecule has 20 heavy (non-hydrogen) atoms. The summed E-state index contributed by atoms with van der Waals surface area (Å²) < 4.78 is 14.0. The van der Waals surface area contributed by atoms with Crippen LogP contribution in [0.25, 0.3) is 0 Å². The molecular formula is C14H9BrFN3O. The zero-order valence-corrected chi connectivity index (χ0v) is 11.7. The molecule has 2 aromatic rings. The Hall–Kier alpha value is -2.39. The van der Waals surface area contributed by atoms with Crippen molar-refractivity contribution in [1.82, 2.24) is 0 Å². The lowest BCUT2D eigenvalue weighted by molar-refractivity contribution is 0.102. The highest BCUT2D eigenvalue weighted by molar-refractivity contribution is 9.10. The van der Waals surface area contributed by atoms with Gasteiger partial charge in [0.05, 0.1) is 22.5 Å². The number of nitrogen functional groups attached to an aromatic ring is 1. The fourth-order valence-corrected chi connectivity index (χ4v) is 2.00. The van der Waals surface area contributed by atoms with E-state index in [4.69, 9.17) is 11.0 Å². The van der Waals surface area contributed by atoms with Gasteiger partial charge in [-0.2, -0.15) is 5.26 Å². The number of halogens is 2. The molecule has 1 amide bonds. The van der Waals surface area contributed by atoms with Gasteiger partial charge in [0.1, 0.15) is 11.9 Å². The number of amides is 1. The van der Waals surface area contributed by atoms with Crippen LogP contribution in [0.3, 0.4) is 0 Å². The first-order valence-corrected chi connectivity index (χ1v) is 6.37. The van der Waals surface area contributed by atoms with Crippen molar-refractivity contribution in [2.45, 2.75) is 0 Å². The fraction of sp³-hybridized carbons (Fsp3) is 0. The molecule has 0 atom stereocenters. The normalized spacial score (nSPS) is 9.85. The van der Waals surface area contributed by atoms with Gasteiger partial charge in [-0.25, -0.2) is 4.39 Å². The van der Waals surface area contributed by atoms with E-state index in [0.717, 1.165) is 4.47 Å². The van der Waals surface area contributed by atoms with Crippen molar-refractivity contribution in [2.24, 2.45) is 0 Å². The van der Waals surface area contributed by atoms with Crippen LogP contribution in [0, 0.1) is 17.1 Å². The molecule has 0 aromatic heterocycles. The Bertz CT molecular complexity index is 725. The summed E-state index contributed by atoms with van der Waals surface area (Å²) in [7, 11) is 0. The van der Waals surface area contributed by atoms with E-state index >= 15 is 0 Å². The summed E-state index contributed by atoms with van der Waals surface area (Å²) in [5.41, 5.74) is 5.96. The summed E-state index contributed by atoms with van der Waals surface area (Å²) in [5, 5.41) is 11.6. The van der Waals surface area contributed by atoms with Gasteiger partial charge in [-0.15, -0.1) is 0 Å². The zero-order valence-electron chi connectivity index (χ0n) is 10.2. The summed E-state index contributed by atoms with van der Waals surface area (Å²) in [6.07, 6.45) is 0. The highest BCUT2D eigenvalue weighted by Gasteiger charge is 2.14. The van der Waals surface area contributed by atoms with E-state index in [9.17, 15) is 9.18 Å². The molecule has 0 bridgehead atoms. The largest absolute Gasteiger partial charge is 0.396 e. The minimum atomic E-state index is -0.658. The first kappa shape index (κ1) is 14.0. The van der Waals surface area contributed by atoms with Crippen molar-refractivity contribution in [3.8, 4) is 6.07 Å². The summed E-state index contributed by atoms with van der Waals surface area (Å²) >= 11 is 3.24. The highest BCUT2D eigenvalue weighted by Crippen LogP contribution is 2.22. The second-order valence-corrected chi connectivity index (χ2v) is 4.87. The van der Waals surface area contributed by atoms with Crippen LogP contribution in [0.2, 0.25) is 0 Å². The van der Waals surface area contributed by atoms with Crippen LogP contribution in [-0.4, -0.2) is 5.91 Å². The van der Waals surface area contributed by atoms with Crippen LogP contribution in [0.4, 0.5) is 15.8 Å². The summed E-state index contributed by atoms with van der Waals surface area (Å²) in [6.45, 7) is 0. The molecule has 4 nitrogen and oxygen atoms in total. The molecule has 0 heterocycles. The molecule has 0 aliphatic carbocycles. The molecule has 0 saturated heterocycles. The number of nitriles is 1. The number of carbonyl (C=O) groups excluding carboxylic acids is 1. The molecule has 0 saturated carbocycles. The van der Waals surface area contributed by atoms with Gasteiger partial charge >= 0.3 is 0 Å². The predicted molar refractivity (Wildman–Crippen MR) is 77.6 cm³/mol. The lowest BCUT2D eigenvalue weighted by atomic mass is 10.1. The predicted octanol–water partition coefficient (Wildman–Crippen LogP) is 3.29. The van der Waals surface area contributed by atoms with Crippen molar-refractivity contribution in [1.29, 1.82) is 5.26 Å². The van der Waals surface area contributed by atoms with E-state index in [1.165, 1.54) is 18.2 Å². The number of nitrogens with two attached hydrogens (primary N) is 1. The third-order valence-electron chi connectivity index (χ3n) is 2.65. The second-order valence-electron chi connectivity index (χ2n) is 3.96. The summed E-state index contributed by atoms with van der Waals surface area (Å²) in [6, 6.07) is 10.8. The van der Waals surface area contributed by atoms with Crippen molar-refractivity contribution in [3.63, 3.8) is 0 Å². The molecule has 2 rings (SSSR count). The Morgan fingerprint density at radius 1 is 1.35 bits per heavy atom. The third kappa shape index (κ3) is 2.78. The summed E-state index contributed by atoms with van der Waals surface area (Å²) in [5.74, 6) is -1.23. The van der Waals surface area contributed by atoms with E-state index in [2.05, 4.69) is 21.2 Å². The van der Waals surface area contributed by atoms with Crippen LogP contribution in [-0.2, 0) is 0 Å². The molecule has 0 fully saturated rings. The molecule has 0 spiro atoms. The second kappa shape index (κ2) is 5.72. The number of carbonyl (C=O) groups is 1. The molecule has 0 unspecified atom stereocenters. The number of anilines is 2. The Morgan fingerprint density at radius 2 is 2.10 bits per heavy atom. The lowest BCUT2D eigenvalue weighted by Crippen LogP contribution is -2.15. The molecular weight excluding hydrogens is 325 g/mol. The number of hydrogen-bond donors (Lipinski definition) is 2. The van der Waals surface area contributed by atoms with E-state index < -0.39 is 11.7 Å². The number of benzene rings is 2. The smallest absolute Gasteiger partial charge is 0.257 e. The molecule has 100 valence electrons. The Labute approximate surface area is 123 Å². The summed E-state index contributed by atoms with van der Waals surface area (Å²) in [4.78, 5) is 12.1. The third-order valence-corrected chi connectivity index (χ3v) is 3.14. The molecule has 0 radical (unpaired) electrons. The van der Waals surface area contributed by atoms with Crippen molar-refractivity contribution in [2.75, 3.05) is 11.1 Å². The van der Waals surface area contributed by atoms with Gasteiger partial charge in [0.25, 0.3) is 5.91 Å². The van der Waals surface area contributed by atoms with Gasteiger partial charge in [-0.3, -0.25) is 4.79 Å². The van der Waals surface area contributed by atoms with Crippen LogP contribution in [0.5, 0.6) is 0 Å². The van der Waals surface area contributed by atoms with Gasteiger partial charge in [-0.1, -0.05) is 22.0 Å². The number of rotatable bonds is 2. The number of nitrogens with one attached hydrogen (secondary N) is 1. The zero-order chi connectivity index (χ0) is 14.7. The Balaban J connectivity index is 2.33. The van der Waals surface area contributed by atoms with E-state index in [1.54, 1.807) is 18.2 Å². The number of hydrogen-bond acceptors (Lipinski definition) is 3. The van der Waals surface area contributed by atoms with E-state index in [-0.39, 0.29) is 11.3 Å². The quantitative estimate of drug-likeness (QED) is 0.827. The van der Waals surface area contributed by atoms with Crippen LogP contribution in [0.1, 0.15) is 15.9 Å². The first-order valence-electron chi connectivity index (χ1n) is 5.58. The van der Waals surface area contributed by atoms with Crippen molar-refractivity contribution < 1.29 is 9.18 Å². The molecule has 0 aliphatic heterocycles. The van der Waals surface area contributed by atoms with Gasteiger partial charge in [-0.05, 0) is 30.3 Å². The average molecular weight is 334 g/mol. The van der Waals surface area contributed by atoms with E-state index in [0.29, 0.717) is 11.3 Å². The highest BCUT2D eigenvalue weighted by atomic mass is 79.9. The minimum Gasteiger partial charge on any atom is -0.396 e. The SMILES string of the molecule is N#Cc1cc(Br)ccc1NC(=O)c1cccc(F)c1N. The minimum absolute atomic E-state index is 0.0248. The van der Waals surface area contributed by atoms with Crippen molar-refractivity contribution >= 4 is 33.2 Å². The number of nitrogens with zero attached hydrogens (tertiary/aromatic N) is 1. The Morgan fingerprint density at radius 3 is 2.80 bits per heavy atom. The topological polar surface area (TPSA) is 78.9 Å². The average Bonchev–Trinajstić information content (AvgIpc) is 2.43. The van der Waals surface area contributed by atoms with Gasteiger partial charge in [0.2, 0.25) is 0 Å². The Kier molecular flexibility index (Phi) is 4.01. The van der Waals surface area contributed by atoms with Gasteiger partial charge in [0.15, 0.2) is 0 Å². The molecule has 3 N–H and O–H groups in total. The maximum absolute atomic E-state index is 13.3. The van der Waals surface area contributed by atoms with Crippen molar-refractivity contribution in [3.05, 3.63) is 57.8 Å². The van der Waals surface area contributed by atoms with Gasteiger partial charge < -0.3 is 11.1 Å². The van der Waals surface area contributed by atoms with Gasteiger partial charge in [0, 0.05) is 4.47 Å². The molecule has 2 aromatic carbocycles. The maximum atomic E-state index is 13.3. The fourth-order valence-electron chi connectivity index (χ4n) is 1.64. The van der Waals surface area contributed by atoms with Crippen LogP contribution < -0.4 is 11.1 Å². The molecule has 6 heteroatoms. The maximum Gasteiger partial charge on any atom is 0.257 e. The van der Waals surface area contributed by atoms with E-state index in [1.807, 2.05) is 6.07 Å². The first-order chi connectivity index (χ1) is 9.52.